The molecule has 3 heteroatoms. The number of carbonyl (C=O) groups is 1. The van der Waals surface area contributed by atoms with Crippen molar-refractivity contribution in [2.45, 2.75) is 6.92 Å². The fourth-order valence-electron chi connectivity index (χ4n) is 0.244. The Hall–Kier alpha value is -1.30. The first kappa shape index (κ1) is 6.70. The van der Waals surface area contributed by atoms with Crippen LogP contribution in [0, 0.1) is 11.3 Å². The molecule has 0 bridgehead atoms. The summed E-state index contributed by atoms with van der Waals surface area (Å²) in [6.07, 6.45) is 1.99. The standard InChI is InChI=1S/C5H6N2O/c1-2-5(3-6)7-4-8/h2,4H,1H3,(H,7,8)/b5-2+. The van der Waals surface area contributed by atoms with Gasteiger partial charge in [0.2, 0.25) is 6.41 Å². The van der Waals surface area contributed by atoms with E-state index in [9.17, 15) is 4.79 Å². The van der Waals surface area contributed by atoms with Gasteiger partial charge in [0.15, 0.2) is 0 Å². The van der Waals surface area contributed by atoms with Crippen LogP contribution in [0.4, 0.5) is 0 Å². The molecule has 0 aromatic rings. The highest BCUT2D eigenvalue weighted by Crippen LogP contribution is 1.79. The van der Waals surface area contributed by atoms with E-state index < -0.39 is 0 Å². The minimum atomic E-state index is 0.278. The Balaban J connectivity index is 3.77. The predicted molar refractivity (Wildman–Crippen MR) is 28.6 cm³/mol. The Bertz CT molecular complexity index is 143. The minimum absolute atomic E-state index is 0.278. The summed E-state index contributed by atoms with van der Waals surface area (Å²) in [7, 11) is 0. The topological polar surface area (TPSA) is 52.9 Å². The van der Waals surface area contributed by atoms with Crippen LogP contribution in [0.25, 0.3) is 0 Å². The summed E-state index contributed by atoms with van der Waals surface area (Å²) in [5.74, 6) is 0. The van der Waals surface area contributed by atoms with Crippen LogP contribution < -0.4 is 5.32 Å². The van der Waals surface area contributed by atoms with Gasteiger partial charge in [0.1, 0.15) is 11.8 Å². The summed E-state index contributed by atoms with van der Waals surface area (Å²) in [6, 6.07) is 1.77. The van der Waals surface area contributed by atoms with Crippen molar-refractivity contribution in [2.75, 3.05) is 0 Å². The Morgan fingerprint density at radius 3 is 2.62 bits per heavy atom. The fourth-order valence-corrected chi connectivity index (χ4v) is 0.244. The van der Waals surface area contributed by atoms with Crippen molar-refractivity contribution < 1.29 is 4.79 Å². The van der Waals surface area contributed by atoms with E-state index in [0.717, 1.165) is 0 Å². The third-order valence-corrected chi connectivity index (χ3v) is 0.624. The van der Waals surface area contributed by atoms with Crippen LogP contribution in [-0.4, -0.2) is 6.41 Å². The number of hydrogen-bond donors (Lipinski definition) is 1. The maximum Gasteiger partial charge on any atom is 0.212 e. The molecule has 3 nitrogen and oxygen atoms in total. The molecule has 0 fully saturated rings. The molecule has 1 N–H and O–H groups in total. The summed E-state index contributed by atoms with van der Waals surface area (Å²) >= 11 is 0. The van der Waals surface area contributed by atoms with Gasteiger partial charge in [0.25, 0.3) is 0 Å². The Labute approximate surface area is 47.6 Å². The molecule has 0 saturated heterocycles. The SMILES string of the molecule is C/C=C(\C#N)NC=O. The van der Waals surface area contributed by atoms with Gasteiger partial charge in [-0.25, -0.2) is 0 Å². The molecule has 0 aromatic carbocycles. The Kier molecular flexibility index (Phi) is 3.25. The van der Waals surface area contributed by atoms with Crippen LogP contribution in [-0.2, 0) is 4.79 Å². The van der Waals surface area contributed by atoms with E-state index in [2.05, 4.69) is 5.32 Å². The van der Waals surface area contributed by atoms with Crippen molar-refractivity contribution in [1.82, 2.24) is 5.32 Å². The average molecular weight is 110 g/mol. The molecule has 1 amide bonds. The summed E-state index contributed by atoms with van der Waals surface area (Å²) in [5.41, 5.74) is 0.278. The van der Waals surface area contributed by atoms with Crippen molar-refractivity contribution >= 4 is 6.41 Å². The third-order valence-electron chi connectivity index (χ3n) is 0.624. The monoisotopic (exact) mass is 110 g/mol. The first-order valence-electron chi connectivity index (χ1n) is 2.11. The molecule has 0 aromatic heterocycles. The minimum Gasteiger partial charge on any atom is -0.320 e. The van der Waals surface area contributed by atoms with E-state index in [1.807, 2.05) is 0 Å². The maximum atomic E-state index is 9.63. The summed E-state index contributed by atoms with van der Waals surface area (Å²) in [5, 5.41) is 10.3. The number of allylic oxidation sites excluding steroid dienone is 2. The van der Waals surface area contributed by atoms with Gasteiger partial charge in [-0.1, -0.05) is 6.08 Å². The van der Waals surface area contributed by atoms with Gasteiger partial charge in [-0.05, 0) is 6.92 Å². The smallest absolute Gasteiger partial charge is 0.212 e. The van der Waals surface area contributed by atoms with Gasteiger partial charge in [-0.15, -0.1) is 0 Å². The van der Waals surface area contributed by atoms with Crippen molar-refractivity contribution in [3.8, 4) is 6.07 Å². The second kappa shape index (κ2) is 3.88. The molecule has 0 aliphatic rings. The van der Waals surface area contributed by atoms with Crippen molar-refractivity contribution in [2.24, 2.45) is 0 Å². The molecular weight excluding hydrogens is 104 g/mol. The van der Waals surface area contributed by atoms with Gasteiger partial charge in [0.05, 0.1) is 0 Å². The highest BCUT2D eigenvalue weighted by atomic mass is 16.1. The van der Waals surface area contributed by atoms with E-state index in [0.29, 0.717) is 6.41 Å². The van der Waals surface area contributed by atoms with E-state index in [-0.39, 0.29) is 5.70 Å². The van der Waals surface area contributed by atoms with E-state index >= 15 is 0 Å². The van der Waals surface area contributed by atoms with Gasteiger partial charge >= 0.3 is 0 Å². The molecule has 0 aliphatic carbocycles. The van der Waals surface area contributed by atoms with Crippen LogP contribution in [0.2, 0.25) is 0 Å². The first-order chi connectivity index (χ1) is 3.85. The van der Waals surface area contributed by atoms with Crippen LogP contribution in [0.3, 0.4) is 0 Å². The highest BCUT2D eigenvalue weighted by Gasteiger charge is 1.83. The largest absolute Gasteiger partial charge is 0.320 e. The highest BCUT2D eigenvalue weighted by molar-refractivity contribution is 5.52. The number of rotatable bonds is 2. The van der Waals surface area contributed by atoms with Gasteiger partial charge in [0, 0.05) is 0 Å². The number of nitrogens with zero attached hydrogens (tertiary/aromatic N) is 1. The zero-order valence-corrected chi connectivity index (χ0v) is 4.51. The number of hydrogen-bond acceptors (Lipinski definition) is 2. The molecule has 0 heterocycles. The van der Waals surface area contributed by atoms with Gasteiger partial charge in [-0.3, -0.25) is 4.79 Å². The second-order valence-electron chi connectivity index (χ2n) is 1.08. The van der Waals surface area contributed by atoms with Crippen molar-refractivity contribution in [3.05, 3.63) is 11.8 Å². The van der Waals surface area contributed by atoms with E-state index in [1.165, 1.54) is 6.08 Å². The molecule has 0 spiro atoms. The van der Waals surface area contributed by atoms with Gasteiger partial charge in [-0.2, -0.15) is 5.26 Å². The maximum absolute atomic E-state index is 9.63. The fraction of sp³-hybridized carbons (Fsp3) is 0.200. The summed E-state index contributed by atoms with van der Waals surface area (Å²) in [4.78, 5) is 9.63. The van der Waals surface area contributed by atoms with E-state index in [1.54, 1.807) is 13.0 Å². The van der Waals surface area contributed by atoms with Crippen molar-refractivity contribution in [3.63, 3.8) is 0 Å². The third kappa shape index (κ3) is 1.98. The Morgan fingerprint density at radius 2 is 2.50 bits per heavy atom. The molecule has 0 saturated carbocycles. The lowest BCUT2D eigenvalue weighted by Crippen LogP contribution is -2.07. The Morgan fingerprint density at radius 1 is 1.88 bits per heavy atom. The molecule has 0 aliphatic heterocycles. The van der Waals surface area contributed by atoms with Crippen molar-refractivity contribution in [1.29, 1.82) is 5.26 Å². The molecular formula is C5H6N2O. The van der Waals surface area contributed by atoms with Crippen LogP contribution in [0.5, 0.6) is 0 Å². The zero-order valence-electron chi connectivity index (χ0n) is 4.51. The lowest BCUT2D eigenvalue weighted by atomic mass is 10.4. The molecule has 0 unspecified atom stereocenters. The number of nitriles is 1. The number of nitrogens with one attached hydrogen (secondary N) is 1. The van der Waals surface area contributed by atoms with Crippen LogP contribution in [0.1, 0.15) is 6.92 Å². The lowest BCUT2D eigenvalue weighted by Gasteiger charge is -1.86. The number of amides is 1. The van der Waals surface area contributed by atoms with E-state index in [4.69, 9.17) is 5.26 Å². The first-order valence-corrected chi connectivity index (χ1v) is 2.11. The van der Waals surface area contributed by atoms with Crippen LogP contribution >= 0.6 is 0 Å². The summed E-state index contributed by atoms with van der Waals surface area (Å²) < 4.78 is 0. The van der Waals surface area contributed by atoms with Gasteiger partial charge < -0.3 is 5.32 Å². The molecule has 8 heavy (non-hydrogen) atoms. The predicted octanol–water partition coefficient (Wildman–Crippen LogP) is 0.160. The molecule has 0 atom stereocenters. The zero-order chi connectivity index (χ0) is 6.41. The van der Waals surface area contributed by atoms with Crippen LogP contribution in [0.15, 0.2) is 11.8 Å². The summed E-state index contributed by atoms with van der Waals surface area (Å²) in [6.45, 7) is 1.68. The molecule has 0 radical (unpaired) electrons. The second-order valence-corrected chi connectivity index (χ2v) is 1.08. The quantitative estimate of drug-likeness (QED) is 0.406. The molecule has 42 valence electrons. The number of carbonyl (C=O) groups excluding carboxylic acids is 1. The molecule has 0 rings (SSSR count). The lowest BCUT2D eigenvalue weighted by molar-refractivity contribution is -0.108. The normalized spacial score (nSPS) is 9.75. The average Bonchev–Trinajstić information content (AvgIpc) is 1.83.